The molecule has 0 spiro atoms. The summed E-state index contributed by atoms with van der Waals surface area (Å²) in [7, 11) is 1.67. The van der Waals surface area contributed by atoms with Gasteiger partial charge in [-0.3, -0.25) is 9.59 Å². The lowest BCUT2D eigenvalue weighted by Crippen LogP contribution is -2.57. The molecule has 1 saturated heterocycles. The maximum Gasteiger partial charge on any atom is 0.289 e. The highest BCUT2D eigenvalue weighted by Gasteiger charge is 2.40. The number of piperidine rings is 1. The molecule has 2 fully saturated rings. The third-order valence-electron chi connectivity index (χ3n) is 4.86. The van der Waals surface area contributed by atoms with Crippen molar-refractivity contribution >= 4 is 11.8 Å². The molecule has 126 valence electrons. The maximum absolute atomic E-state index is 12.3. The smallest absolute Gasteiger partial charge is 0.289 e. The van der Waals surface area contributed by atoms with E-state index < -0.39 is 0 Å². The fourth-order valence-electron chi connectivity index (χ4n) is 3.14. The van der Waals surface area contributed by atoms with Crippen LogP contribution in [0.4, 0.5) is 0 Å². The maximum atomic E-state index is 12.3. The summed E-state index contributed by atoms with van der Waals surface area (Å²) in [6.07, 6.45) is 5.79. The first-order chi connectivity index (χ1) is 11.1. The number of amides is 2. The number of hydrogen-bond acceptors (Lipinski definition) is 4. The van der Waals surface area contributed by atoms with E-state index in [1.807, 2.05) is 0 Å². The van der Waals surface area contributed by atoms with Crippen LogP contribution in [0.25, 0.3) is 0 Å². The molecule has 3 rings (SSSR count). The molecule has 0 unspecified atom stereocenters. The summed E-state index contributed by atoms with van der Waals surface area (Å²) >= 11 is 0. The zero-order chi connectivity index (χ0) is 16.3. The summed E-state index contributed by atoms with van der Waals surface area (Å²) in [5.41, 5.74) is -0.254. The molecular formula is C17H24N2O4. The van der Waals surface area contributed by atoms with E-state index in [1.54, 1.807) is 24.1 Å². The van der Waals surface area contributed by atoms with Crippen molar-refractivity contribution in [2.24, 2.45) is 5.92 Å². The molecule has 0 aromatic carbocycles. The first-order valence-electron chi connectivity index (χ1n) is 8.27. The van der Waals surface area contributed by atoms with Crippen LogP contribution >= 0.6 is 0 Å². The minimum Gasteiger partial charge on any atom is -0.459 e. The molecule has 0 radical (unpaired) electrons. The molecule has 23 heavy (non-hydrogen) atoms. The Hall–Kier alpha value is -1.82. The van der Waals surface area contributed by atoms with Gasteiger partial charge in [-0.05, 0) is 44.2 Å². The van der Waals surface area contributed by atoms with Gasteiger partial charge in [0.25, 0.3) is 5.91 Å². The SMILES string of the molecule is COCCC1(NC(=O)C2CC2)CCN(C(=O)c2ccco2)CC1. The van der Waals surface area contributed by atoms with E-state index in [-0.39, 0.29) is 23.3 Å². The molecule has 1 aliphatic heterocycles. The highest BCUT2D eigenvalue weighted by atomic mass is 16.5. The van der Waals surface area contributed by atoms with Crippen LogP contribution in [0.2, 0.25) is 0 Å². The van der Waals surface area contributed by atoms with Crippen molar-refractivity contribution in [3.8, 4) is 0 Å². The molecule has 1 aromatic heterocycles. The quantitative estimate of drug-likeness (QED) is 0.868. The highest BCUT2D eigenvalue weighted by Crippen LogP contribution is 2.32. The summed E-state index contributed by atoms with van der Waals surface area (Å²) in [6, 6.07) is 3.40. The largest absolute Gasteiger partial charge is 0.459 e. The van der Waals surface area contributed by atoms with Gasteiger partial charge in [-0.15, -0.1) is 0 Å². The van der Waals surface area contributed by atoms with Gasteiger partial charge >= 0.3 is 0 Å². The van der Waals surface area contributed by atoms with Crippen molar-refractivity contribution in [3.63, 3.8) is 0 Å². The van der Waals surface area contributed by atoms with Crippen molar-refractivity contribution in [2.45, 2.75) is 37.6 Å². The van der Waals surface area contributed by atoms with Gasteiger partial charge in [0, 0.05) is 38.3 Å². The van der Waals surface area contributed by atoms with Crippen LogP contribution < -0.4 is 5.32 Å². The van der Waals surface area contributed by atoms with E-state index in [0.717, 1.165) is 32.1 Å². The van der Waals surface area contributed by atoms with Gasteiger partial charge in [0.1, 0.15) is 0 Å². The first-order valence-corrected chi connectivity index (χ1v) is 8.27. The topological polar surface area (TPSA) is 71.8 Å². The average Bonchev–Trinajstić information content (AvgIpc) is 3.28. The monoisotopic (exact) mass is 320 g/mol. The lowest BCUT2D eigenvalue weighted by atomic mass is 9.84. The Morgan fingerprint density at radius 1 is 1.39 bits per heavy atom. The second kappa shape index (κ2) is 6.74. The zero-order valence-electron chi connectivity index (χ0n) is 13.5. The van der Waals surface area contributed by atoms with Crippen molar-refractivity contribution in [1.82, 2.24) is 10.2 Å². The Labute approximate surface area is 136 Å². The summed E-state index contributed by atoms with van der Waals surface area (Å²) in [5, 5.41) is 3.24. The Balaban J connectivity index is 1.61. The van der Waals surface area contributed by atoms with Gasteiger partial charge in [0.2, 0.25) is 5.91 Å². The van der Waals surface area contributed by atoms with Gasteiger partial charge in [-0.1, -0.05) is 0 Å². The molecule has 6 nitrogen and oxygen atoms in total. The number of carbonyl (C=O) groups excluding carboxylic acids is 2. The number of nitrogens with one attached hydrogen (secondary N) is 1. The van der Waals surface area contributed by atoms with Crippen LogP contribution in [0.3, 0.4) is 0 Å². The normalized spacial score (nSPS) is 20.3. The predicted octanol–water partition coefficient (Wildman–Crippen LogP) is 1.82. The fraction of sp³-hybridized carbons (Fsp3) is 0.647. The molecule has 1 aromatic rings. The number of ether oxygens (including phenoxy) is 1. The van der Waals surface area contributed by atoms with E-state index in [1.165, 1.54) is 6.26 Å². The van der Waals surface area contributed by atoms with Crippen LogP contribution in [0.5, 0.6) is 0 Å². The summed E-state index contributed by atoms with van der Waals surface area (Å²) in [4.78, 5) is 26.3. The van der Waals surface area contributed by atoms with E-state index in [0.29, 0.717) is 25.5 Å². The highest BCUT2D eigenvalue weighted by molar-refractivity contribution is 5.91. The molecule has 2 heterocycles. The Morgan fingerprint density at radius 2 is 2.13 bits per heavy atom. The van der Waals surface area contributed by atoms with Crippen LogP contribution in [0, 0.1) is 5.92 Å². The average molecular weight is 320 g/mol. The van der Waals surface area contributed by atoms with Gasteiger partial charge in [0.15, 0.2) is 5.76 Å². The summed E-state index contributed by atoms with van der Waals surface area (Å²) in [5.74, 6) is 0.643. The fourth-order valence-corrected chi connectivity index (χ4v) is 3.14. The van der Waals surface area contributed by atoms with Gasteiger partial charge in [0.05, 0.1) is 6.26 Å². The van der Waals surface area contributed by atoms with Gasteiger partial charge < -0.3 is 19.4 Å². The Morgan fingerprint density at radius 3 is 2.70 bits per heavy atom. The first kappa shape index (κ1) is 16.1. The number of furan rings is 1. The van der Waals surface area contributed by atoms with Gasteiger partial charge in [-0.25, -0.2) is 0 Å². The number of nitrogens with zero attached hydrogens (tertiary/aromatic N) is 1. The minimum absolute atomic E-state index is 0.0798. The van der Waals surface area contributed by atoms with E-state index in [9.17, 15) is 9.59 Å². The molecule has 1 saturated carbocycles. The molecule has 1 aliphatic carbocycles. The summed E-state index contributed by atoms with van der Waals surface area (Å²) in [6.45, 7) is 1.85. The van der Waals surface area contributed by atoms with E-state index in [4.69, 9.17) is 9.15 Å². The van der Waals surface area contributed by atoms with Crippen LogP contribution in [0.1, 0.15) is 42.7 Å². The lowest BCUT2D eigenvalue weighted by molar-refractivity contribution is -0.125. The molecule has 6 heteroatoms. The summed E-state index contributed by atoms with van der Waals surface area (Å²) < 4.78 is 10.4. The molecule has 2 aliphatic rings. The number of rotatable bonds is 6. The standard InChI is InChI=1S/C17H24N2O4/c1-22-12-8-17(18-15(20)13-4-5-13)6-9-19(10-7-17)16(21)14-3-2-11-23-14/h2-3,11,13H,4-10,12H2,1H3,(H,18,20). The molecule has 0 bridgehead atoms. The Kier molecular flexibility index (Phi) is 4.71. The molecule has 2 amide bonds. The third kappa shape index (κ3) is 3.75. The molecular weight excluding hydrogens is 296 g/mol. The number of likely N-dealkylation sites (tertiary alicyclic amines) is 1. The number of carbonyl (C=O) groups is 2. The third-order valence-corrected chi connectivity index (χ3v) is 4.86. The van der Waals surface area contributed by atoms with Crippen molar-refractivity contribution in [3.05, 3.63) is 24.2 Å². The van der Waals surface area contributed by atoms with Crippen LogP contribution in [-0.4, -0.2) is 49.1 Å². The second-order valence-electron chi connectivity index (χ2n) is 6.56. The lowest BCUT2D eigenvalue weighted by Gasteiger charge is -2.42. The number of hydrogen-bond donors (Lipinski definition) is 1. The predicted molar refractivity (Wildman–Crippen MR) is 83.9 cm³/mol. The van der Waals surface area contributed by atoms with Crippen LogP contribution in [-0.2, 0) is 9.53 Å². The molecule has 1 N–H and O–H groups in total. The minimum atomic E-state index is -0.254. The van der Waals surface area contributed by atoms with E-state index >= 15 is 0 Å². The Bertz CT molecular complexity index is 543. The van der Waals surface area contributed by atoms with Crippen LogP contribution in [0.15, 0.2) is 22.8 Å². The second-order valence-corrected chi connectivity index (χ2v) is 6.56. The zero-order valence-corrected chi connectivity index (χ0v) is 13.5. The van der Waals surface area contributed by atoms with Crippen molar-refractivity contribution in [1.29, 1.82) is 0 Å². The molecule has 0 atom stereocenters. The van der Waals surface area contributed by atoms with E-state index in [2.05, 4.69) is 5.32 Å². The van der Waals surface area contributed by atoms with Gasteiger partial charge in [-0.2, -0.15) is 0 Å². The number of methoxy groups -OCH3 is 1. The van der Waals surface area contributed by atoms with Crippen molar-refractivity contribution < 1.29 is 18.7 Å². The van der Waals surface area contributed by atoms with Crippen molar-refractivity contribution in [2.75, 3.05) is 26.8 Å².